The number of benzene rings is 1. The van der Waals surface area contributed by atoms with Gasteiger partial charge < -0.3 is 20.9 Å². The minimum Gasteiger partial charge on any atom is -0.478 e. The highest BCUT2D eigenvalue weighted by molar-refractivity contribution is 5.95. The lowest BCUT2D eigenvalue weighted by molar-refractivity contribution is -0.120. The number of aryl methyl sites for hydroxylation is 1. The van der Waals surface area contributed by atoms with E-state index >= 15 is 0 Å². The fraction of sp³-hybridized carbons (Fsp3) is 0.385. The Morgan fingerprint density at radius 3 is 2.68 bits per heavy atom. The van der Waals surface area contributed by atoms with Gasteiger partial charge in [0.05, 0.1) is 24.7 Å². The largest absolute Gasteiger partial charge is 0.478 e. The van der Waals surface area contributed by atoms with E-state index in [1.807, 2.05) is 0 Å². The van der Waals surface area contributed by atoms with Crippen LogP contribution in [0, 0.1) is 12.8 Å². The second kappa shape index (κ2) is 5.38. The zero-order valence-corrected chi connectivity index (χ0v) is 10.6. The third-order valence-corrected chi connectivity index (χ3v) is 3.19. The standard InChI is InChI=1S/C13H16N2O4/c1-7-4-8(13(17)18)2-3-11(7)15-12(16)9-5-19-6-10(9)14/h2-4,9-10H,5-6,14H2,1H3,(H,15,16)(H,17,18). The molecule has 0 bridgehead atoms. The first-order valence-corrected chi connectivity index (χ1v) is 5.97. The van der Waals surface area contributed by atoms with Crippen molar-refractivity contribution < 1.29 is 19.4 Å². The third kappa shape index (κ3) is 2.91. The smallest absolute Gasteiger partial charge is 0.335 e. The lowest BCUT2D eigenvalue weighted by atomic mass is 10.0. The number of carbonyl (C=O) groups excluding carboxylic acids is 1. The zero-order valence-electron chi connectivity index (χ0n) is 10.6. The number of carbonyl (C=O) groups is 2. The van der Waals surface area contributed by atoms with E-state index in [1.165, 1.54) is 12.1 Å². The Hall–Kier alpha value is -1.92. The predicted molar refractivity (Wildman–Crippen MR) is 69.1 cm³/mol. The number of rotatable bonds is 3. The zero-order chi connectivity index (χ0) is 14.0. The summed E-state index contributed by atoms with van der Waals surface area (Å²) in [5.74, 6) is -1.55. The van der Waals surface area contributed by atoms with Gasteiger partial charge in [-0.05, 0) is 30.7 Å². The number of hydrogen-bond acceptors (Lipinski definition) is 4. The monoisotopic (exact) mass is 264 g/mol. The summed E-state index contributed by atoms with van der Waals surface area (Å²) in [6.07, 6.45) is 0. The normalized spacial score (nSPS) is 22.2. The minimum atomic E-state index is -0.993. The Labute approximate surface area is 110 Å². The third-order valence-electron chi connectivity index (χ3n) is 3.19. The topological polar surface area (TPSA) is 102 Å². The van der Waals surface area contributed by atoms with E-state index in [4.69, 9.17) is 15.6 Å². The molecule has 6 nitrogen and oxygen atoms in total. The van der Waals surface area contributed by atoms with Gasteiger partial charge in [0.2, 0.25) is 5.91 Å². The Morgan fingerprint density at radius 1 is 1.42 bits per heavy atom. The molecule has 1 aliphatic heterocycles. The molecule has 6 heteroatoms. The van der Waals surface area contributed by atoms with Crippen molar-refractivity contribution in [2.75, 3.05) is 18.5 Å². The van der Waals surface area contributed by atoms with Crippen LogP contribution in [0.4, 0.5) is 5.69 Å². The lowest BCUT2D eigenvalue weighted by Crippen LogP contribution is -2.37. The molecular formula is C13H16N2O4. The maximum atomic E-state index is 12.0. The Balaban J connectivity index is 2.11. The number of carboxylic acid groups (broad SMARTS) is 1. The van der Waals surface area contributed by atoms with E-state index in [-0.39, 0.29) is 23.4 Å². The first-order chi connectivity index (χ1) is 8.99. The number of carboxylic acids is 1. The quantitative estimate of drug-likeness (QED) is 0.742. The average molecular weight is 264 g/mol. The highest BCUT2D eigenvalue weighted by atomic mass is 16.5. The molecule has 4 N–H and O–H groups in total. The van der Waals surface area contributed by atoms with Gasteiger partial charge in [-0.1, -0.05) is 0 Å². The van der Waals surface area contributed by atoms with Crippen LogP contribution in [-0.2, 0) is 9.53 Å². The molecule has 19 heavy (non-hydrogen) atoms. The molecule has 1 aliphatic rings. The van der Waals surface area contributed by atoms with E-state index in [0.717, 1.165) is 0 Å². The second-order valence-electron chi connectivity index (χ2n) is 4.63. The molecule has 2 atom stereocenters. The van der Waals surface area contributed by atoms with Crippen LogP contribution >= 0.6 is 0 Å². The summed E-state index contributed by atoms with van der Waals surface area (Å²) in [6, 6.07) is 4.26. The number of hydrogen-bond donors (Lipinski definition) is 3. The van der Waals surface area contributed by atoms with Crippen LogP contribution in [0.3, 0.4) is 0 Å². The molecule has 1 amide bonds. The van der Waals surface area contributed by atoms with E-state index in [2.05, 4.69) is 5.32 Å². The minimum absolute atomic E-state index is 0.191. The molecular weight excluding hydrogens is 248 g/mol. The molecule has 1 aromatic carbocycles. The number of aromatic carboxylic acids is 1. The van der Waals surface area contributed by atoms with Crippen molar-refractivity contribution >= 4 is 17.6 Å². The predicted octanol–water partition coefficient (Wildman–Crippen LogP) is 0.605. The van der Waals surface area contributed by atoms with Crippen LogP contribution in [0.1, 0.15) is 15.9 Å². The van der Waals surface area contributed by atoms with Crippen molar-refractivity contribution in [2.45, 2.75) is 13.0 Å². The van der Waals surface area contributed by atoms with Crippen molar-refractivity contribution in [1.82, 2.24) is 0 Å². The molecule has 2 unspecified atom stereocenters. The molecule has 102 valence electrons. The average Bonchev–Trinajstić information content (AvgIpc) is 2.77. The molecule has 2 rings (SSSR count). The van der Waals surface area contributed by atoms with Gasteiger partial charge in [0.15, 0.2) is 0 Å². The molecule has 1 saturated heterocycles. The van der Waals surface area contributed by atoms with Gasteiger partial charge >= 0.3 is 5.97 Å². The fourth-order valence-corrected chi connectivity index (χ4v) is 2.00. The highest BCUT2D eigenvalue weighted by Gasteiger charge is 2.31. The summed E-state index contributed by atoms with van der Waals surface area (Å²) >= 11 is 0. The summed E-state index contributed by atoms with van der Waals surface area (Å²) in [6.45, 7) is 2.45. The van der Waals surface area contributed by atoms with Gasteiger partial charge in [0.25, 0.3) is 0 Å². The molecule has 0 saturated carbocycles. The van der Waals surface area contributed by atoms with E-state index in [9.17, 15) is 9.59 Å². The van der Waals surface area contributed by atoms with Gasteiger partial charge in [0, 0.05) is 11.7 Å². The molecule has 1 aromatic rings. The molecule has 0 spiro atoms. The number of nitrogens with one attached hydrogen (secondary N) is 1. The second-order valence-corrected chi connectivity index (χ2v) is 4.63. The van der Waals surface area contributed by atoms with Gasteiger partial charge in [-0.15, -0.1) is 0 Å². The number of nitrogens with two attached hydrogens (primary N) is 1. The molecule has 0 aliphatic carbocycles. The van der Waals surface area contributed by atoms with Crippen molar-refractivity contribution in [3.63, 3.8) is 0 Å². The number of amides is 1. The van der Waals surface area contributed by atoms with E-state index < -0.39 is 5.97 Å². The Bertz CT molecular complexity index is 515. The molecule has 1 fully saturated rings. The van der Waals surface area contributed by atoms with E-state index in [1.54, 1.807) is 13.0 Å². The molecule has 0 radical (unpaired) electrons. The van der Waals surface area contributed by atoms with Crippen LogP contribution in [-0.4, -0.2) is 36.2 Å². The van der Waals surface area contributed by atoms with Gasteiger partial charge in [-0.2, -0.15) is 0 Å². The summed E-state index contributed by atoms with van der Waals surface area (Å²) in [5.41, 5.74) is 7.25. The van der Waals surface area contributed by atoms with Gasteiger partial charge in [-0.3, -0.25) is 4.79 Å². The summed E-state index contributed by atoms with van der Waals surface area (Å²) in [5, 5.41) is 11.6. The van der Waals surface area contributed by atoms with Gasteiger partial charge in [-0.25, -0.2) is 4.79 Å². The number of anilines is 1. The Morgan fingerprint density at radius 2 is 2.16 bits per heavy atom. The fourth-order valence-electron chi connectivity index (χ4n) is 2.00. The SMILES string of the molecule is Cc1cc(C(=O)O)ccc1NC(=O)C1COCC1N. The van der Waals surface area contributed by atoms with Crippen molar-refractivity contribution in [1.29, 1.82) is 0 Å². The number of ether oxygens (including phenoxy) is 1. The van der Waals surface area contributed by atoms with Crippen LogP contribution < -0.4 is 11.1 Å². The lowest BCUT2D eigenvalue weighted by Gasteiger charge is -2.15. The van der Waals surface area contributed by atoms with Crippen LogP contribution in [0.15, 0.2) is 18.2 Å². The summed E-state index contributed by atoms with van der Waals surface area (Å²) < 4.78 is 5.15. The first kappa shape index (κ1) is 13.5. The van der Waals surface area contributed by atoms with Crippen LogP contribution in [0.5, 0.6) is 0 Å². The van der Waals surface area contributed by atoms with Crippen LogP contribution in [0.2, 0.25) is 0 Å². The highest BCUT2D eigenvalue weighted by Crippen LogP contribution is 2.19. The Kier molecular flexibility index (Phi) is 3.82. The molecule has 0 aromatic heterocycles. The molecule has 1 heterocycles. The van der Waals surface area contributed by atoms with Gasteiger partial charge in [0.1, 0.15) is 0 Å². The van der Waals surface area contributed by atoms with Crippen LogP contribution in [0.25, 0.3) is 0 Å². The maximum absolute atomic E-state index is 12.0. The van der Waals surface area contributed by atoms with Crippen molar-refractivity contribution in [3.8, 4) is 0 Å². The summed E-state index contributed by atoms with van der Waals surface area (Å²) in [4.78, 5) is 22.8. The van der Waals surface area contributed by atoms with Crippen molar-refractivity contribution in [2.24, 2.45) is 11.7 Å². The maximum Gasteiger partial charge on any atom is 0.335 e. The van der Waals surface area contributed by atoms with E-state index in [0.29, 0.717) is 24.5 Å². The summed E-state index contributed by atoms with van der Waals surface area (Å²) in [7, 11) is 0. The first-order valence-electron chi connectivity index (χ1n) is 5.97. The van der Waals surface area contributed by atoms with Crippen molar-refractivity contribution in [3.05, 3.63) is 29.3 Å².